The zero-order chi connectivity index (χ0) is 28.3. The molecule has 2 amide bonds. The van der Waals surface area contributed by atoms with Crippen LogP contribution in [0.2, 0.25) is 0 Å². The fraction of sp³-hybridized carbons (Fsp3) is 0.519. The predicted octanol–water partition coefficient (Wildman–Crippen LogP) is 5.49. The van der Waals surface area contributed by atoms with E-state index in [-0.39, 0.29) is 30.3 Å². The molecule has 2 N–H and O–H groups in total. The summed E-state index contributed by atoms with van der Waals surface area (Å²) < 4.78 is 91.3. The molecule has 0 bridgehead atoms. The summed E-state index contributed by atoms with van der Waals surface area (Å²) in [6.45, 7) is 3.83. The Morgan fingerprint density at radius 2 is 1.69 bits per heavy atom. The minimum Gasteiger partial charge on any atom is -0.378 e. The van der Waals surface area contributed by atoms with Crippen LogP contribution < -0.4 is 10.6 Å². The average molecular weight is 560 g/mol. The number of benzene rings is 2. The summed E-state index contributed by atoms with van der Waals surface area (Å²) in [5, 5.41) is 6.47. The van der Waals surface area contributed by atoms with Gasteiger partial charge in [-0.3, -0.25) is 0 Å². The van der Waals surface area contributed by atoms with Crippen LogP contribution in [-0.4, -0.2) is 56.4 Å². The van der Waals surface area contributed by atoms with Crippen molar-refractivity contribution < 1.29 is 40.6 Å². The number of ether oxygens (including phenoxy) is 2. The predicted molar refractivity (Wildman–Crippen MR) is 131 cm³/mol. The maximum Gasteiger partial charge on any atom is 0.416 e. The largest absolute Gasteiger partial charge is 0.416 e. The van der Waals surface area contributed by atoms with Crippen LogP contribution >= 0.6 is 0 Å². The normalized spacial score (nSPS) is 23.4. The summed E-state index contributed by atoms with van der Waals surface area (Å²) >= 11 is 0. The van der Waals surface area contributed by atoms with E-state index in [2.05, 4.69) is 10.6 Å². The summed E-state index contributed by atoms with van der Waals surface area (Å²) in [6, 6.07) is 10.5. The van der Waals surface area contributed by atoms with Crippen LogP contribution in [0.4, 0.5) is 31.1 Å². The van der Waals surface area contributed by atoms with Gasteiger partial charge in [-0.05, 0) is 49.1 Å². The highest BCUT2D eigenvalue weighted by molar-refractivity contribution is 5.74. The Balaban J connectivity index is 1.48. The van der Waals surface area contributed by atoms with Crippen molar-refractivity contribution in [1.82, 2.24) is 15.5 Å². The van der Waals surface area contributed by atoms with Gasteiger partial charge in [-0.2, -0.15) is 26.3 Å². The van der Waals surface area contributed by atoms with Crippen molar-refractivity contribution in [2.24, 2.45) is 0 Å². The number of carbonyl (C=O) groups is 1. The van der Waals surface area contributed by atoms with Gasteiger partial charge in [0.2, 0.25) is 0 Å². The second kappa shape index (κ2) is 11.7. The first-order valence-corrected chi connectivity index (χ1v) is 12.7. The number of alkyl halides is 6. The van der Waals surface area contributed by atoms with Gasteiger partial charge < -0.3 is 25.0 Å². The van der Waals surface area contributed by atoms with Gasteiger partial charge >= 0.3 is 18.4 Å². The van der Waals surface area contributed by atoms with Crippen molar-refractivity contribution in [2.75, 3.05) is 39.5 Å². The third-order valence-corrected chi connectivity index (χ3v) is 7.22. The summed E-state index contributed by atoms with van der Waals surface area (Å²) in [5.74, 6) is 0. The summed E-state index contributed by atoms with van der Waals surface area (Å²) in [6.07, 6.45) is -9.81. The van der Waals surface area contributed by atoms with E-state index in [0.29, 0.717) is 57.8 Å². The van der Waals surface area contributed by atoms with Crippen LogP contribution in [0.5, 0.6) is 0 Å². The van der Waals surface area contributed by atoms with E-state index in [1.165, 1.54) is 6.92 Å². The fourth-order valence-corrected chi connectivity index (χ4v) is 4.87. The lowest BCUT2D eigenvalue weighted by atomic mass is 9.81. The molecule has 4 rings (SSSR count). The van der Waals surface area contributed by atoms with Gasteiger partial charge in [0.15, 0.2) is 0 Å². The lowest BCUT2D eigenvalue weighted by molar-refractivity contribution is -0.143. The molecule has 2 aromatic carbocycles. The number of carbonyl (C=O) groups excluding carboxylic acids is 1. The Hall–Kier alpha value is -2.83. The first-order chi connectivity index (χ1) is 18.4. The first-order valence-electron chi connectivity index (χ1n) is 12.7. The van der Waals surface area contributed by atoms with E-state index >= 15 is 0 Å². The maximum atomic E-state index is 13.3. The second-order valence-corrected chi connectivity index (χ2v) is 9.91. The standard InChI is InChI=1S/C27H31F6N3O3/c1-18(19-13-21(26(28,29)30)15-22(14-19)27(31,32)33)39-17-25(20-5-3-2-4-6-20)8-7-23(16-34-25)35-24(37)36-9-11-38-12-10-36/h2-6,13-15,18,23,34H,7-12,16-17H2,1H3,(H,35,37)/t18?,23-,25+/m0/s1. The summed E-state index contributed by atoms with van der Waals surface area (Å²) in [5.41, 5.74) is -2.85. The van der Waals surface area contributed by atoms with Gasteiger partial charge in [0, 0.05) is 25.7 Å². The second-order valence-electron chi connectivity index (χ2n) is 9.91. The van der Waals surface area contributed by atoms with E-state index in [1.807, 2.05) is 30.3 Å². The van der Waals surface area contributed by atoms with Gasteiger partial charge in [-0.15, -0.1) is 0 Å². The quantitative estimate of drug-likeness (QED) is 0.460. The highest BCUT2D eigenvalue weighted by Crippen LogP contribution is 2.39. The number of nitrogens with zero attached hydrogens (tertiary/aromatic N) is 1. The Bertz CT molecular complexity index is 1080. The number of morpholine rings is 1. The summed E-state index contributed by atoms with van der Waals surface area (Å²) in [4.78, 5) is 14.3. The van der Waals surface area contributed by atoms with Gasteiger partial charge in [0.25, 0.3) is 0 Å². The van der Waals surface area contributed by atoms with Crippen molar-refractivity contribution >= 4 is 6.03 Å². The smallest absolute Gasteiger partial charge is 0.378 e. The van der Waals surface area contributed by atoms with E-state index in [0.717, 1.165) is 5.56 Å². The van der Waals surface area contributed by atoms with E-state index in [4.69, 9.17) is 9.47 Å². The third-order valence-electron chi connectivity index (χ3n) is 7.22. The fourth-order valence-electron chi connectivity index (χ4n) is 4.87. The van der Waals surface area contributed by atoms with Gasteiger partial charge in [-0.1, -0.05) is 30.3 Å². The van der Waals surface area contributed by atoms with Crippen molar-refractivity contribution in [3.05, 3.63) is 70.8 Å². The lowest BCUT2D eigenvalue weighted by Crippen LogP contribution is -2.59. The van der Waals surface area contributed by atoms with Crippen LogP contribution in [0, 0.1) is 0 Å². The van der Waals surface area contributed by atoms with Crippen molar-refractivity contribution in [2.45, 2.75) is 49.8 Å². The third kappa shape index (κ3) is 7.23. The average Bonchev–Trinajstić information content (AvgIpc) is 2.92. The van der Waals surface area contributed by atoms with E-state index in [1.54, 1.807) is 4.90 Å². The first kappa shape index (κ1) is 29.2. The molecule has 2 aliphatic heterocycles. The number of hydrogen-bond donors (Lipinski definition) is 2. The summed E-state index contributed by atoms with van der Waals surface area (Å²) in [7, 11) is 0. The molecule has 2 aromatic rings. The monoisotopic (exact) mass is 559 g/mol. The molecule has 1 unspecified atom stereocenters. The molecule has 6 nitrogen and oxygen atoms in total. The van der Waals surface area contributed by atoms with E-state index in [9.17, 15) is 31.1 Å². The van der Waals surface area contributed by atoms with Crippen LogP contribution in [0.1, 0.15) is 48.1 Å². The molecule has 2 fully saturated rings. The van der Waals surface area contributed by atoms with Crippen molar-refractivity contribution in [3.63, 3.8) is 0 Å². The molecular weight excluding hydrogens is 528 g/mol. The molecule has 12 heteroatoms. The number of hydrogen-bond acceptors (Lipinski definition) is 4. The zero-order valence-electron chi connectivity index (χ0n) is 21.4. The van der Waals surface area contributed by atoms with Gasteiger partial charge in [0.1, 0.15) is 0 Å². The molecule has 214 valence electrons. The molecule has 0 aromatic heterocycles. The highest BCUT2D eigenvalue weighted by Gasteiger charge is 2.40. The molecule has 39 heavy (non-hydrogen) atoms. The Morgan fingerprint density at radius 3 is 2.23 bits per heavy atom. The van der Waals surface area contributed by atoms with Crippen molar-refractivity contribution in [3.8, 4) is 0 Å². The van der Waals surface area contributed by atoms with Crippen LogP contribution in [0.15, 0.2) is 48.5 Å². The highest BCUT2D eigenvalue weighted by atomic mass is 19.4. The molecule has 0 saturated carbocycles. The Morgan fingerprint density at radius 1 is 1.08 bits per heavy atom. The van der Waals surface area contributed by atoms with Crippen LogP contribution in [-0.2, 0) is 27.4 Å². The lowest BCUT2D eigenvalue weighted by Gasteiger charge is -2.42. The number of amides is 2. The number of nitrogens with one attached hydrogen (secondary N) is 2. The molecule has 2 saturated heterocycles. The molecular formula is C27H31F6N3O3. The van der Waals surface area contributed by atoms with Crippen LogP contribution in [0.3, 0.4) is 0 Å². The minimum atomic E-state index is -4.94. The van der Waals surface area contributed by atoms with Gasteiger partial charge in [-0.25, -0.2) is 4.79 Å². The Labute approximate surface area is 222 Å². The van der Waals surface area contributed by atoms with E-state index < -0.39 is 35.1 Å². The zero-order valence-corrected chi connectivity index (χ0v) is 21.4. The SMILES string of the molecule is CC(OC[C@@]1(c2ccccc2)CC[C@H](NC(=O)N2CCOCC2)CN1)c1cc(C(F)(F)F)cc(C(F)(F)F)c1. The number of rotatable bonds is 6. The van der Waals surface area contributed by atoms with Gasteiger partial charge in [0.05, 0.1) is 42.6 Å². The molecule has 0 aliphatic carbocycles. The molecule has 3 atom stereocenters. The maximum absolute atomic E-state index is 13.3. The van der Waals surface area contributed by atoms with Crippen LogP contribution in [0.25, 0.3) is 0 Å². The number of piperidine rings is 1. The topological polar surface area (TPSA) is 62.8 Å². The Kier molecular flexibility index (Phi) is 8.77. The number of halogens is 6. The molecule has 2 heterocycles. The molecule has 0 radical (unpaired) electrons. The minimum absolute atomic E-state index is 0.0000923. The molecule has 2 aliphatic rings. The van der Waals surface area contributed by atoms with Crippen molar-refractivity contribution in [1.29, 1.82) is 0 Å². The number of urea groups is 1. The molecule has 0 spiro atoms.